The zero-order valence-corrected chi connectivity index (χ0v) is 12.5. The van der Waals surface area contributed by atoms with E-state index in [2.05, 4.69) is 20.6 Å². The van der Waals surface area contributed by atoms with Crippen molar-refractivity contribution < 1.29 is 4.79 Å². The third kappa shape index (κ3) is 3.54. The summed E-state index contributed by atoms with van der Waals surface area (Å²) in [6.07, 6.45) is 1.68. The topological polar surface area (TPSA) is 72.7 Å². The number of thioether (sulfide) groups is 1. The van der Waals surface area contributed by atoms with Crippen LogP contribution in [0, 0.1) is 0 Å². The summed E-state index contributed by atoms with van der Waals surface area (Å²) < 4.78 is 2.57. The Labute approximate surface area is 119 Å². The number of hydrogen-bond donors (Lipinski definition) is 1. The highest BCUT2D eigenvalue weighted by atomic mass is 32.2. The number of rotatable bonds is 5. The summed E-state index contributed by atoms with van der Waals surface area (Å²) in [5.41, 5.74) is 1.65. The second-order valence-electron chi connectivity index (χ2n) is 4.21. The van der Waals surface area contributed by atoms with E-state index in [9.17, 15) is 4.79 Å². The molecule has 0 saturated heterocycles. The number of carbonyl (C=O) groups excluding carboxylic acids is 1. The molecule has 0 spiro atoms. The van der Waals surface area contributed by atoms with Crippen molar-refractivity contribution in [3.8, 4) is 0 Å². The van der Waals surface area contributed by atoms with Crippen LogP contribution in [0.1, 0.15) is 26.8 Å². The van der Waals surface area contributed by atoms with Crippen LogP contribution in [0.3, 0.4) is 0 Å². The number of carbonyl (C=O) groups is 1. The molecule has 6 nitrogen and oxygen atoms in total. The molecule has 8 heteroatoms. The van der Waals surface area contributed by atoms with Crippen molar-refractivity contribution in [2.75, 3.05) is 5.32 Å². The number of nitrogens with zero attached hydrogens (tertiary/aromatic N) is 4. The van der Waals surface area contributed by atoms with Gasteiger partial charge in [-0.15, -0.1) is 10.2 Å². The Morgan fingerprint density at radius 1 is 1.47 bits per heavy atom. The van der Waals surface area contributed by atoms with E-state index in [1.54, 1.807) is 22.5 Å². The maximum atomic E-state index is 12.1. The molecule has 0 fully saturated rings. The van der Waals surface area contributed by atoms with Crippen LogP contribution in [0.5, 0.6) is 0 Å². The minimum Gasteiger partial charge on any atom is -0.310 e. The van der Waals surface area contributed by atoms with Gasteiger partial charge in [0.25, 0.3) is 0 Å². The van der Waals surface area contributed by atoms with Gasteiger partial charge in [-0.05, 0) is 20.8 Å². The van der Waals surface area contributed by atoms with Crippen LogP contribution >= 0.6 is 23.1 Å². The molecule has 1 atom stereocenters. The van der Waals surface area contributed by atoms with Crippen molar-refractivity contribution in [2.45, 2.75) is 36.4 Å². The second-order valence-corrected chi connectivity index (χ2v) is 6.63. The van der Waals surface area contributed by atoms with Gasteiger partial charge in [0.2, 0.25) is 5.91 Å². The van der Waals surface area contributed by atoms with Crippen molar-refractivity contribution in [1.29, 1.82) is 0 Å². The molecule has 2 aromatic rings. The quantitative estimate of drug-likeness (QED) is 0.858. The van der Waals surface area contributed by atoms with Crippen LogP contribution < -0.4 is 5.32 Å². The van der Waals surface area contributed by atoms with Crippen molar-refractivity contribution in [1.82, 2.24) is 20.0 Å². The minimum atomic E-state index is -0.233. The zero-order chi connectivity index (χ0) is 13.8. The summed E-state index contributed by atoms with van der Waals surface area (Å²) in [5, 5.41) is 14.5. The van der Waals surface area contributed by atoms with E-state index in [1.807, 2.05) is 20.8 Å². The Hall–Kier alpha value is -1.41. The zero-order valence-electron chi connectivity index (χ0n) is 10.9. The van der Waals surface area contributed by atoms with Gasteiger partial charge in [-0.25, -0.2) is 4.68 Å². The predicted octanol–water partition coefficient (Wildman–Crippen LogP) is 2.43. The minimum absolute atomic E-state index is 0.0670. The van der Waals surface area contributed by atoms with Crippen LogP contribution in [-0.2, 0) is 4.79 Å². The number of anilines is 1. The van der Waals surface area contributed by atoms with Gasteiger partial charge < -0.3 is 5.32 Å². The highest BCUT2D eigenvalue weighted by molar-refractivity contribution is 8.02. The number of hydrogen-bond acceptors (Lipinski definition) is 6. The third-order valence-electron chi connectivity index (χ3n) is 2.40. The SMILES string of the molecule is CC(C)n1nccc1NC(=O)[C@H](C)Sc1nncs1. The van der Waals surface area contributed by atoms with Gasteiger partial charge >= 0.3 is 0 Å². The Bertz CT molecular complexity index is 537. The fourth-order valence-electron chi connectivity index (χ4n) is 1.47. The highest BCUT2D eigenvalue weighted by Crippen LogP contribution is 2.25. The van der Waals surface area contributed by atoms with Gasteiger partial charge in [0.15, 0.2) is 4.34 Å². The predicted molar refractivity (Wildman–Crippen MR) is 76.5 cm³/mol. The summed E-state index contributed by atoms with van der Waals surface area (Å²) in [7, 11) is 0. The van der Waals surface area contributed by atoms with E-state index >= 15 is 0 Å². The van der Waals surface area contributed by atoms with E-state index in [1.165, 1.54) is 23.1 Å². The molecule has 0 bridgehead atoms. The van der Waals surface area contributed by atoms with E-state index < -0.39 is 0 Å². The molecule has 2 rings (SSSR count). The Balaban J connectivity index is 1.98. The summed E-state index contributed by atoms with van der Waals surface area (Å²) in [4.78, 5) is 12.1. The summed E-state index contributed by atoms with van der Waals surface area (Å²) >= 11 is 2.83. The van der Waals surface area contributed by atoms with Crippen LogP contribution in [0.15, 0.2) is 22.1 Å². The van der Waals surface area contributed by atoms with Crippen molar-refractivity contribution in [3.63, 3.8) is 0 Å². The summed E-state index contributed by atoms with van der Waals surface area (Å²) in [6, 6.07) is 2.00. The Kier molecular flexibility index (Phi) is 4.54. The van der Waals surface area contributed by atoms with Crippen molar-refractivity contribution >= 4 is 34.8 Å². The van der Waals surface area contributed by atoms with E-state index in [0.29, 0.717) is 5.82 Å². The average molecular weight is 297 g/mol. The smallest absolute Gasteiger partial charge is 0.238 e. The first-order chi connectivity index (χ1) is 9.08. The molecule has 1 amide bonds. The highest BCUT2D eigenvalue weighted by Gasteiger charge is 2.18. The molecule has 102 valence electrons. The first-order valence-electron chi connectivity index (χ1n) is 5.85. The fourth-order valence-corrected chi connectivity index (χ4v) is 3.10. The molecule has 0 saturated carbocycles. The molecule has 2 aromatic heterocycles. The van der Waals surface area contributed by atoms with E-state index in [0.717, 1.165) is 4.34 Å². The van der Waals surface area contributed by atoms with Crippen LogP contribution in [0.2, 0.25) is 0 Å². The molecule has 2 heterocycles. The average Bonchev–Trinajstić information content (AvgIpc) is 2.99. The van der Waals surface area contributed by atoms with Crippen LogP contribution in [-0.4, -0.2) is 31.1 Å². The molecule has 0 aliphatic carbocycles. The van der Waals surface area contributed by atoms with Gasteiger partial charge in [-0.1, -0.05) is 23.1 Å². The molecule has 1 N–H and O–H groups in total. The first-order valence-corrected chi connectivity index (χ1v) is 7.61. The third-order valence-corrected chi connectivity index (χ3v) is 4.31. The molecule has 0 aromatic carbocycles. The first kappa shape index (κ1) is 14.0. The largest absolute Gasteiger partial charge is 0.310 e. The standard InChI is InChI=1S/C11H15N5OS2/c1-7(2)16-9(4-5-13-16)14-10(17)8(3)19-11-15-12-6-18-11/h4-8H,1-3H3,(H,14,17)/t8-/m0/s1. The maximum absolute atomic E-state index is 12.1. The summed E-state index contributed by atoms with van der Waals surface area (Å²) in [6.45, 7) is 5.88. The lowest BCUT2D eigenvalue weighted by Gasteiger charge is -2.14. The second kappa shape index (κ2) is 6.16. The maximum Gasteiger partial charge on any atom is 0.238 e. The molecule has 0 aliphatic rings. The van der Waals surface area contributed by atoms with E-state index in [-0.39, 0.29) is 17.2 Å². The summed E-state index contributed by atoms with van der Waals surface area (Å²) in [5.74, 6) is 0.646. The lowest BCUT2D eigenvalue weighted by atomic mass is 10.4. The number of amides is 1. The van der Waals surface area contributed by atoms with Crippen molar-refractivity contribution in [2.24, 2.45) is 0 Å². The monoisotopic (exact) mass is 297 g/mol. The molecule has 19 heavy (non-hydrogen) atoms. The van der Waals surface area contributed by atoms with E-state index in [4.69, 9.17) is 0 Å². The fraction of sp³-hybridized carbons (Fsp3) is 0.455. The van der Waals surface area contributed by atoms with Crippen LogP contribution in [0.4, 0.5) is 5.82 Å². The number of nitrogens with one attached hydrogen (secondary N) is 1. The van der Waals surface area contributed by atoms with Gasteiger partial charge in [-0.2, -0.15) is 5.10 Å². The lowest BCUT2D eigenvalue weighted by Crippen LogP contribution is -2.24. The lowest BCUT2D eigenvalue weighted by molar-refractivity contribution is -0.115. The van der Waals surface area contributed by atoms with Gasteiger partial charge in [-0.3, -0.25) is 4.79 Å². The molecular weight excluding hydrogens is 282 g/mol. The normalized spacial score (nSPS) is 12.6. The Morgan fingerprint density at radius 2 is 2.26 bits per heavy atom. The van der Waals surface area contributed by atoms with Gasteiger partial charge in [0, 0.05) is 12.1 Å². The molecular formula is C11H15N5OS2. The molecule has 0 aliphatic heterocycles. The number of aromatic nitrogens is 4. The van der Waals surface area contributed by atoms with Gasteiger partial charge in [0.1, 0.15) is 11.3 Å². The van der Waals surface area contributed by atoms with Crippen molar-refractivity contribution in [3.05, 3.63) is 17.8 Å². The Morgan fingerprint density at radius 3 is 2.89 bits per heavy atom. The molecule has 0 unspecified atom stereocenters. The van der Waals surface area contributed by atoms with Crippen LogP contribution in [0.25, 0.3) is 0 Å². The van der Waals surface area contributed by atoms with Gasteiger partial charge in [0.05, 0.1) is 11.4 Å². The molecule has 0 radical (unpaired) electrons.